The van der Waals surface area contributed by atoms with E-state index in [1.807, 2.05) is 6.92 Å². The summed E-state index contributed by atoms with van der Waals surface area (Å²) < 4.78 is 16.4. The van der Waals surface area contributed by atoms with E-state index in [1.54, 1.807) is 0 Å². The fourth-order valence-electron chi connectivity index (χ4n) is 2.34. The minimum Gasteiger partial charge on any atom is -0.481 e. The predicted octanol–water partition coefficient (Wildman–Crippen LogP) is 1.52. The molecule has 2 heterocycles. The fraction of sp³-hybridized carbons (Fsp3) is 0.769. The molecular weight excluding hydrogens is 264 g/mol. The zero-order valence-electron chi connectivity index (χ0n) is 11.6. The molecule has 0 radical (unpaired) electrons. The van der Waals surface area contributed by atoms with Crippen molar-refractivity contribution in [1.29, 1.82) is 0 Å². The summed E-state index contributed by atoms with van der Waals surface area (Å²) in [6.07, 6.45) is 2.46. The van der Waals surface area contributed by atoms with Crippen molar-refractivity contribution in [1.82, 2.24) is 10.1 Å². The van der Waals surface area contributed by atoms with Crippen molar-refractivity contribution in [2.24, 2.45) is 0 Å². The third kappa shape index (κ3) is 3.55. The molecule has 0 bridgehead atoms. The standard InChI is InChI=1S/C13H20N2O5/c1-2-19-13(6-8-18-9-7-13)12-14-10(20-15-12)4-3-5-11(16)17/h2-9H2,1H3,(H,16,17). The number of ether oxygens (including phenoxy) is 2. The smallest absolute Gasteiger partial charge is 0.303 e. The van der Waals surface area contributed by atoms with Gasteiger partial charge >= 0.3 is 5.97 Å². The Morgan fingerprint density at radius 1 is 1.45 bits per heavy atom. The molecule has 1 fully saturated rings. The van der Waals surface area contributed by atoms with Crippen molar-refractivity contribution >= 4 is 5.97 Å². The monoisotopic (exact) mass is 284 g/mol. The molecule has 0 aliphatic carbocycles. The van der Waals surface area contributed by atoms with Crippen LogP contribution in [0.2, 0.25) is 0 Å². The van der Waals surface area contributed by atoms with Gasteiger partial charge in [0.05, 0.1) is 0 Å². The van der Waals surface area contributed by atoms with Gasteiger partial charge in [-0.3, -0.25) is 4.79 Å². The Morgan fingerprint density at radius 2 is 2.20 bits per heavy atom. The molecule has 2 rings (SSSR count). The van der Waals surface area contributed by atoms with E-state index >= 15 is 0 Å². The molecule has 20 heavy (non-hydrogen) atoms. The second-order valence-corrected chi connectivity index (χ2v) is 4.80. The van der Waals surface area contributed by atoms with Crippen LogP contribution in [0, 0.1) is 0 Å². The average molecular weight is 284 g/mol. The lowest BCUT2D eigenvalue weighted by Crippen LogP contribution is -2.37. The molecule has 1 aromatic rings. The van der Waals surface area contributed by atoms with Crippen LogP contribution >= 0.6 is 0 Å². The van der Waals surface area contributed by atoms with Crippen molar-refractivity contribution in [3.63, 3.8) is 0 Å². The maximum Gasteiger partial charge on any atom is 0.303 e. The van der Waals surface area contributed by atoms with Crippen LogP contribution in [-0.4, -0.2) is 41.0 Å². The molecular formula is C13H20N2O5. The zero-order valence-corrected chi connectivity index (χ0v) is 11.6. The Kier molecular flexibility index (Phi) is 5.08. The molecule has 0 amide bonds. The van der Waals surface area contributed by atoms with Gasteiger partial charge in [0.25, 0.3) is 0 Å². The summed E-state index contributed by atoms with van der Waals surface area (Å²) in [5.74, 6) is 0.194. The number of hydrogen-bond acceptors (Lipinski definition) is 6. The molecule has 7 nitrogen and oxygen atoms in total. The lowest BCUT2D eigenvalue weighted by atomic mass is 9.93. The van der Waals surface area contributed by atoms with Gasteiger partial charge in [0, 0.05) is 45.5 Å². The van der Waals surface area contributed by atoms with Crippen LogP contribution in [-0.2, 0) is 26.3 Å². The lowest BCUT2D eigenvalue weighted by Gasteiger charge is -2.33. The van der Waals surface area contributed by atoms with Crippen molar-refractivity contribution in [2.75, 3.05) is 19.8 Å². The van der Waals surface area contributed by atoms with Gasteiger partial charge in [-0.25, -0.2) is 0 Å². The average Bonchev–Trinajstić information content (AvgIpc) is 2.89. The summed E-state index contributed by atoms with van der Waals surface area (Å²) in [4.78, 5) is 14.8. The number of aryl methyl sites for hydroxylation is 1. The second kappa shape index (κ2) is 6.81. The Hall–Kier alpha value is -1.47. The number of carbonyl (C=O) groups is 1. The summed E-state index contributed by atoms with van der Waals surface area (Å²) in [5, 5.41) is 12.6. The highest BCUT2D eigenvalue weighted by atomic mass is 16.5. The second-order valence-electron chi connectivity index (χ2n) is 4.80. The van der Waals surface area contributed by atoms with E-state index in [1.165, 1.54) is 0 Å². The van der Waals surface area contributed by atoms with E-state index in [4.69, 9.17) is 19.1 Å². The third-order valence-electron chi connectivity index (χ3n) is 3.38. The largest absolute Gasteiger partial charge is 0.481 e. The topological polar surface area (TPSA) is 94.7 Å². The van der Waals surface area contributed by atoms with Crippen molar-refractivity contribution in [3.8, 4) is 0 Å². The van der Waals surface area contributed by atoms with E-state index in [2.05, 4.69) is 10.1 Å². The number of nitrogens with zero attached hydrogens (tertiary/aromatic N) is 2. The highest BCUT2D eigenvalue weighted by Gasteiger charge is 2.39. The van der Waals surface area contributed by atoms with Crippen LogP contribution in [0.1, 0.15) is 44.3 Å². The van der Waals surface area contributed by atoms with Crippen molar-refractivity contribution in [2.45, 2.75) is 44.6 Å². The number of carboxylic acids is 1. The first-order chi connectivity index (χ1) is 9.66. The summed E-state index contributed by atoms with van der Waals surface area (Å²) in [5.41, 5.74) is -0.526. The minimum atomic E-state index is -0.819. The van der Waals surface area contributed by atoms with Gasteiger partial charge in [-0.2, -0.15) is 4.98 Å². The summed E-state index contributed by atoms with van der Waals surface area (Å²) in [7, 11) is 0. The Balaban J connectivity index is 2.02. The third-order valence-corrected chi connectivity index (χ3v) is 3.38. The van der Waals surface area contributed by atoms with Gasteiger partial charge in [-0.05, 0) is 13.3 Å². The van der Waals surface area contributed by atoms with Gasteiger partial charge in [0.15, 0.2) is 0 Å². The maximum atomic E-state index is 10.5. The number of carboxylic acid groups (broad SMARTS) is 1. The Labute approximate surface area is 117 Å². The first kappa shape index (κ1) is 14.9. The zero-order chi connectivity index (χ0) is 14.4. The van der Waals surface area contributed by atoms with Crippen molar-refractivity contribution in [3.05, 3.63) is 11.7 Å². The highest BCUT2D eigenvalue weighted by Crippen LogP contribution is 2.34. The molecule has 0 unspecified atom stereocenters. The SMILES string of the molecule is CCOC1(c2noc(CCCC(=O)O)n2)CCOCC1. The number of aromatic nitrogens is 2. The van der Waals surface area contributed by atoms with Crippen LogP contribution in [0.25, 0.3) is 0 Å². The van der Waals surface area contributed by atoms with Crippen LogP contribution in [0.5, 0.6) is 0 Å². The summed E-state index contributed by atoms with van der Waals surface area (Å²) >= 11 is 0. The molecule has 1 aliphatic rings. The quantitative estimate of drug-likeness (QED) is 0.811. The molecule has 1 aliphatic heterocycles. The van der Waals surface area contributed by atoms with E-state index < -0.39 is 11.6 Å². The normalized spacial score (nSPS) is 18.1. The first-order valence-electron chi connectivity index (χ1n) is 6.93. The van der Waals surface area contributed by atoms with E-state index in [9.17, 15) is 4.79 Å². The highest BCUT2D eigenvalue weighted by molar-refractivity contribution is 5.66. The van der Waals surface area contributed by atoms with Gasteiger partial charge in [0.1, 0.15) is 5.60 Å². The van der Waals surface area contributed by atoms with E-state index in [-0.39, 0.29) is 6.42 Å². The Morgan fingerprint density at radius 3 is 2.85 bits per heavy atom. The van der Waals surface area contributed by atoms with Crippen LogP contribution in [0.4, 0.5) is 0 Å². The molecule has 112 valence electrons. The number of hydrogen-bond donors (Lipinski definition) is 1. The van der Waals surface area contributed by atoms with Crippen LogP contribution in [0.3, 0.4) is 0 Å². The van der Waals surface area contributed by atoms with Crippen LogP contribution in [0.15, 0.2) is 4.52 Å². The summed E-state index contributed by atoms with van der Waals surface area (Å²) in [6.45, 7) is 3.74. The van der Waals surface area contributed by atoms with Gasteiger partial charge in [-0.15, -0.1) is 0 Å². The van der Waals surface area contributed by atoms with E-state index in [0.717, 1.165) is 0 Å². The molecule has 0 atom stereocenters. The van der Waals surface area contributed by atoms with Crippen molar-refractivity contribution < 1.29 is 23.9 Å². The predicted molar refractivity (Wildman–Crippen MR) is 68.2 cm³/mol. The van der Waals surface area contributed by atoms with Crippen LogP contribution < -0.4 is 0 Å². The molecule has 1 aromatic heterocycles. The minimum absolute atomic E-state index is 0.0994. The Bertz CT molecular complexity index is 434. The van der Waals surface area contributed by atoms with Gasteiger partial charge in [0.2, 0.25) is 11.7 Å². The molecule has 0 spiro atoms. The summed E-state index contributed by atoms with van der Waals surface area (Å²) in [6, 6.07) is 0. The molecule has 1 saturated heterocycles. The fourth-order valence-corrected chi connectivity index (χ4v) is 2.34. The molecule has 7 heteroatoms. The molecule has 0 saturated carbocycles. The van der Waals surface area contributed by atoms with Gasteiger partial charge < -0.3 is 19.1 Å². The molecule has 0 aromatic carbocycles. The number of aliphatic carboxylic acids is 1. The first-order valence-corrected chi connectivity index (χ1v) is 6.93. The van der Waals surface area contributed by atoms with Gasteiger partial charge in [-0.1, -0.05) is 5.16 Å². The lowest BCUT2D eigenvalue weighted by molar-refractivity contribution is -0.137. The van der Waals surface area contributed by atoms with E-state index in [0.29, 0.717) is 57.2 Å². The number of rotatable bonds is 7. The maximum absolute atomic E-state index is 10.5. The molecule has 1 N–H and O–H groups in total.